The average molecular weight is 201 g/mol. The van der Waals surface area contributed by atoms with Gasteiger partial charge in [0.1, 0.15) is 5.75 Å². The van der Waals surface area contributed by atoms with Crippen LogP contribution < -0.4 is 10.1 Å². The summed E-state index contributed by atoms with van der Waals surface area (Å²) in [6.07, 6.45) is 1.04. The first-order valence-corrected chi connectivity index (χ1v) is 5.19. The smallest absolute Gasteiger partial charge is 0.119 e. The van der Waals surface area contributed by atoms with Gasteiger partial charge < -0.3 is 9.72 Å². The van der Waals surface area contributed by atoms with Crippen LogP contribution in [0.4, 0.5) is 0 Å². The Balaban J connectivity index is 2.24. The summed E-state index contributed by atoms with van der Waals surface area (Å²) in [7, 11) is 1.70. The second kappa shape index (κ2) is 3.28. The normalized spacial score (nSPS) is 15.3. The fourth-order valence-corrected chi connectivity index (χ4v) is 2.21. The molecule has 1 N–H and O–H groups in total. The zero-order valence-corrected chi connectivity index (χ0v) is 8.71. The number of methoxy groups -OCH3 is 1. The molecule has 77 valence electrons. The van der Waals surface area contributed by atoms with Crippen molar-refractivity contribution >= 4 is 10.9 Å². The second-order valence-electron chi connectivity index (χ2n) is 3.85. The Labute approximate surface area is 88.4 Å². The summed E-state index contributed by atoms with van der Waals surface area (Å²) in [5.41, 5.74) is 3.88. The molecule has 1 aliphatic rings. The Hall–Kier alpha value is -1.48. The maximum absolute atomic E-state index is 5.25. The van der Waals surface area contributed by atoms with Crippen LogP contribution in [0.5, 0.6) is 5.75 Å². The topological polar surface area (TPSA) is 39.1 Å². The highest BCUT2D eigenvalue weighted by atomic mass is 16.5. The van der Waals surface area contributed by atoms with Gasteiger partial charge in [-0.25, -0.2) is 5.32 Å². The van der Waals surface area contributed by atoms with Gasteiger partial charge in [-0.1, -0.05) is 0 Å². The Kier molecular flexibility index (Phi) is 1.92. The SMILES string of the molecule is COc1ccc2[nH]c3c(c2c1)CC[N]C3. The lowest BCUT2D eigenvalue weighted by atomic mass is 10.0. The Morgan fingerprint density at radius 1 is 1.40 bits per heavy atom. The molecular formula is C12H13N2O. The number of aromatic amines is 1. The zero-order chi connectivity index (χ0) is 10.3. The van der Waals surface area contributed by atoms with Gasteiger partial charge in [0.2, 0.25) is 0 Å². The summed E-state index contributed by atoms with van der Waals surface area (Å²) >= 11 is 0. The third kappa shape index (κ3) is 1.31. The molecule has 0 spiro atoms. The largest absolute Gasteiger partial charge is 0.497 e. The lowest BCUT2D eigenvalue weighted by Gasteiger charge is -2.10. The van der Waals surface area contributed by atoms with Crippen LogP contribution in [0, 0.1) is 0 Å². The van der Waals surface area contributed by atoms with Gasteiger partial charge in [0.25, 0.3) is 0 Å². The summed E-state index contributed by atoms with van der Waals surface area (Å²) < 4.78 is 5.25. The molecule has 2 heterocycles. The van der Waals surface area contributed by atoms with Crippen molar-refractivity contribution in [3.05, 3.63) is 29.5 Å². The molecule has 3 nitrogen and oxygen atoms in total. The first-order valence-electron chi connectivity index (χ1n) is 5.19. The third-order valence-corrected chi connectivity index (χ3v) is 2.99. The van der Waals surface area contributed by atoms with E-state index in [2.05, 4.69) is 22.4 Å². The van der Waals surface area contributed by atoms with E-state index in [9.17, 15) is 0 Å². The van der Waals surface area contributed by atoms with Crippen LogP contribution >= 0.6 is 0 Å². The number of ether oxygens (including phenoxy) is 1. The van der Waals surface area contributed by atoms with Crippen molar-refractivity contribution in [3.63, 3.8) is 0 Å². The van der Waals surface area contributed by atoms with Gasteiger partial charge in [-0.3, -0.25) is 0 Å². The molecular weight excluding hydrogens is 188 g/mol. The summed E-state index contributed by atoms with van der Waals surface area (Å²) in [5.74, 6) is 0.923. The molecule has 0 bridgehead atoms. The van der Waals surface area contributed by atoms with Crippen molar-refractivity contribution in [1.29, 1.82) is 0 Å². The highest BCUT2D eigenvalue weighted by Gasteiger charge is 2.15. The number of hydrogen-bond donors (Lipinski definition) is 1. The van der Waals surface area contributed by atoms with Crippen molar-refractivity contribution in [2.45, 2.75) is 13.0 Å². The van der Waals surface area contributed by atoms with E-state index in [4.69, 9.17) is 4.74 Å². The number of benzene rings is 1. The quantitative estimate of drug-likeness (QED) is 0.751. The van der Waals surface area contributed by atoms with E-state index in [0.717, 1.165) is 25.3 Å². The molecule has 2 aromatic rings. The van der Waals surface area contributed by atoms with Gasteiger partial charge in [-0.05, 0) is 30.2 Å². The fourth-order valence-electron chi connectivity index (χ4n) is 2.21. The van der Waals surface area contributed by atoms with Crippen LogP contribution in [0.15, 0.2) is 18.2 Å². The minimum absolute atomic E-state index is 0.826. The molecule has 0 fully saturated rings. The lowest BCUT2D eigenvalue weighted by Crippen LogP contribution is -2.16. The summed E-state index contributed by atoms with van der Waals surface area (Å²) in [4.78, 5) is 3.42. The van der Waals surface area contributed by atoms with Crippen LogP contribution in [0.3, 0.4) is 0 Å². The molecule has 0 saturated heterocycles. The number of aromatic nitrogens is 1. The van der Waals surface area contributed by atoms with Crippen LogP contribution in [0.25, 0.3) is 10.9 Å². The van der Waals surface area contributed by atoms with Gasteiger partial charge >= 0.3 is 0 Å². The van der Waals surface area contributed by atoms with Crippen molar-refractivity contribution in [1.82, 2.24) is 10.3 Å². The number of nitrogens with zero attached hydrogens (tertiary/aromatic N) is 1. The van der Waals surface area contributed by atoms with Gasteiger partial charge in [0.05, 0.1) is 13.7 Å². The standard InChI is InChI=1S/C12H13N2O/c1-15-8-2-3-11-10(6-8)9-4-5-13-7-12(9)14-11/h2-3,6,14H,4-5,7H2,1H3. The van der Waals surface area contributed by atoms with Crippen LogP contribution in [0.2, 0.25) is 0 Å². The monoisotopic (exact) mass is 201 g/mol. The Bertz CT molecular complexity index is 502. The first kappa shape index (κ1) is 8.80. The summed E-state index contributed by atoms with van der Waals surface area (Å²) in [6, 6.07) is 6.17. The van der Waals surface area contributed by atoms with Crippen molar-refractivity contribution in [2.24, 2.45) is 0 Å². The number of H-pyrrole nitrogens is 1. The number of fused-ring (bicyclic) bond motifs is 3. The van der Waals surface area contributed by atoms with Gasteiger partial charge in [-0.15, -0.1) is 0 Å². The summed E-state index contributed by atoms with van der Waals surface area (Å²) in [6.45, 7) is 1.77. The van der Waals surface area contributed by atoms with E-state index in [1.54, 1.807) is 7.11 Å². The van der Waals surface area contributed by atoms with Crippen LogP contribution in [-0.2, 0) is 13.0 Å². The minimum atomic E-state index is 0.826. The highest BCUT2D eigenvalue weighted by molar-refractivity contribution is 5.86. The zero-order valence-electron chi connectivity index (χ0n) is 8.71. The second-order valence-corrected chi connectivity index (χ2v) is 3.85. The van der Waals surface area contributed by atoms with Gasteiger partial charge in [0, 0.05) is 23.1 Å². The van der Waals surface area contributed by atoms with Crippen LogP contribution in [-0.4, -0.2) is 18.6 Å². The first-order chi connectivity index (χ1) is 7.38. The molecule has 3 heteroatoms. The predicted molar refractivity (Wildman–Crippen MR) is 59.3 cm³/mol. The van der Waals surface area contributed by atoms with Gasteiger partial charge in [0.15, 0.2) is 0 Å². The fraction of sp³-hybridized carbons (Fsp3) is 0.333. The Morgan fingerprint density at radius 2 is 2.33 bits per heavy atom. The maximum Gasteiger partial charge on any atom is 0.119 e. The maximum atomic E-state index is 5.25. The molecule has 0 amide bonds. The van der Waals surface area contributed by atoms with Gasteiger partial charge in [-0.2, -0.15) is 0 Å². The molecule has 1 radical (unpaired) electrons. The molecule has 0 saturated carbocycles. The molecule has 1 aromatic carbocycles. The number of nitrogens with one attached hydrogen (secondary N) is 1. The molecule has 0 atom stereocenters. The van der Waals surface area contributed by atoms with Crippen molar-refractivity contribution < 1.29 is 4.74 Å². The third-order valence-electron chi connectivity index (χ3n) is 2.99. The van der Waals surface area contributed by atoms with E-state index in [1.807, 2.05) is 6.07 Å². The molecule has 15 heavy (non-hydrogen) atoms. The summed E-state index contributed by atoms with van der Waals surface area (Å²) in [5, 5.41) is 5.68. The molecule has 1 aliphatic heterocycles. The van der Waals surface area contributed by atoms with Crippen molar-refractivity contribution in [3.8, 4) is 5.75 Å². The predicted octanol–water partition coefficient (Wildman–Crippen LogP) is 1.84. The number of rotatable bonds is 1. The van der Waals surface area contributed by atoms with E-state index in [1.165, 1.54) is 22.2 Å². The average Bonchev–Trinajstić information content (AvgIpc) is 2.66. The van der Waals surface area contributed by atoms with E-state index in [0.29, 0.717) is 0 Å². The van der Waals surface area contributed by atoms with E-state index in [-0.39, 0.29) is 0 Å². The molecule has 0 aliphatic carbocycles. The van der Waals surface area contributed by atoms with Crippen LogP contribution in [0.1, 0.15) is 11.3 Å². The lowest BCUT2D eigenvalue weighted by molar-refractivity contribution is 0.415. The minimum Gasteiger partial charge on any atom is -0.497 e. The molecule has 0 unspecified atom stereocenters. The Morgan fingerprint density at radius 3 is 3.20 bits per heavy atom. The van der Waals surface area contributed by atoms with E-state index >= 15 is 0 Å². The highest BCUT2D eigenvalue weighted by Crippen LogP contribution is 2.28. The number of hydrogen-bond acceptors (Lipinski definition) is 1. The van der Waals surface area contributed by atoms with E-state index < -0.39 is 0 Å². The molecule has 3 rings (SSSR count). The van der Waals surface area contributed by atoms with Crippen molar-refractivity contribution in [2.75, 3.05) is 13.7 Å². The molecule has 1 aromatic heterocycles.